The zero-order valence-corrected chi connectivity index (χ0v) is 7.68. The molecule has 1 aliphatic rings. The van der Waals surface area contributed by atoms with Crippen molar-refractivity contribution in [2.75, 3.05) is 0 Å². The van der Waals surface area contributed by atoms with Crippen LogP contribution in [0.25, 0.3) is 6.08 Å². The molecule has 3 heteroatoms. The van der Waals surface area contributed by atoms with Gasteiger partial charge in [0.15, 0.2) is 0 Å². The van der Waals surface area contributed by atoms with Crippen molar-refractivity contribution in [1.29, 1.82) is 0 Å². The summed E-state index contributed by atoms with van der Waals surface area (Å²) in [6.45, 7) is 3.86. The maximum atomic E-state index is 5.92. The molecule has 0 saturated carbocycles. The normalized spacial score (nSPS) is 13.8. The van der Waals surface area contributed by atoms with E-state index >= 15 is 0 Å². The molecule has 1 aromatic heterocycles. The number of fused-ring (bicyclic) bond motifs is 1. The highest BCUT2D eigenvalue weighted by Gasteiger charge is 2.14. The lowest BCUT2D eigenvalue weighted by atomic mass is 10.2. The van der Waals surface area contributed by atoms with Crippen LogP contribution in [-0.4, -0.2) is 4.98 Å². The van der Waals surface area contributed by atoms with Gasteiger partial charge in [0.1, 0.15) is 5.15 Å². The number of nitrogens with zero attached hydrogens (tertiary/aromatic N) is 2. The quantitative estimate of drug-likeness (QED) is 0.563. The van der Waals surface area contributed by atoms with Crippen molar-refractivity contribution in [3.8, 4) is 0 Å². The van der Waals surface area contributed by atoms with Gasteiger partial charge in [-0.05, 0) is 26.0 Å². The number of hydrogen-bond acceptors (Lipinski definition) is 1. The molecule has 12 heavy (non-hydrogen) atoms. The van der Waals surface area contributed by atoms with E-state index in [0.717, 1.165) is 22.6 Å². The molecule has 2 heterocycles. The van der Waals surface area contributed by atoms with Gasteiger partial charge < -0.3 is 0 Å². The number of rotatable bonds is 0. The third kappa shape index (κ3) is 1.08. The first-order valence-corrected chi connectivity index (χ1v) is 4.12. The van der Waals surface area contributed by atoms with Crippen molar-refractivity contribution in [3.05, 3.63) is 28.2 Å². The summed E-state index contributed by atoms with van der Waals surface area (Å²) in [5.41, 5.74) is 3.77. The van der Waals surface area contributed by atoms with E-state index in [1.165, 1.54) is 0 Å². The van der Waals surface area contributed by atoms with Crippen LogP contribution in [0.4, 0.5) is 5.69 Å². The standard InChI is InChI=1S/C9H8ClN2/c1-5-3-7-8(11-5)4-6(2)12-9(7)10/h3-4H,1-2H3. The molecule has 0 spiro atoms. The molecule has 0 amide bonds. The van der Waals surface area contributed by atoms with Gasteiger partial charge in [-0.25, -0.2) is 4.98 Å². The summed E-state index contributed by atoms with van der Waals surface area (Å²) in [4.78, 5) is 4.14. The molecular weight excluding hydrogens is 172 g/mol. The first-order valence-electron chi connectivity index (χ1n) is 3.74. The van der Waals surface area contributed by atoms with E-state index in [4.69, 9.17) is 11.6 Å². The van der Waals surface area contributed by atoms with E-state index in [1.807, 2.05) is 26.0 Å². The minimum atomic E-state index is 0.547. The molecule has 1 aromatic rings. The molecule has 0 bridgehead atoms. The number of allylic oxidation sites excluding steroid dienone is 1. The molecule has 0 N–H and O–H groups in total. The Labute approximate surface area is 76.3 Å². The Balaban J connectivity index is 2.62. The lowest BCUT2D eigenvalue weighted by molar-refractivity contribution is 1.07. The fourth-order valence-corrected chi connectivity index (χ4v) is 1.57. The first kappa shape index (κ1) is 7.62. The number of halogens is 1. The van der Waals surface area contributed by atoms with Crippen LogP contribution >= 0.6 is 11.6 Å². The van der Waals surface area contributed by atoms with Gasteiger partial charge >= 0.3 is 0 Å². The lowest BCUT2D eigenvalue weighted by Gasteiger charge is -2.00. The lowest BCUT2D eigenvalue weighted by Crippen LogP contribution is -1.90. The zero-order chi connectivity index (χ0) is 8.72. The fraction of sp³-hybridized carbons (Fsp3) is 0.222. The van der Waals surface area contributed by atoms with E-state index in [-0.39, 0.29) is 0 Å². The Morgan fingerprint density at radius 3 is 2.83 bits per heavy atom. The topological polar surface area (TPSA) is 27.0 Å². The minimum absolute atomic E-state index is 0.547. The molecule has 0 aromatic carbocycles. The Hall–Kier alpha value is -1.02. The van der Waals surface area contributed by atoms with E-state index < -0.39 is 0 Å². The number of aryl methyl sites for hydroxylation is 1. The minimum Gasteiger partial charge on any atom is -0.253 e. The summed E-state index contributed by atoms with van der Waals surface area (Å²) in [6.07, 6.45) is 1.95. The zero-order valence-electron chi connectivity index (χ0n) is 6.93. The van der Waals surface area contributed by atoms with Crippen molar-refractivity contribution in [2.45, 2.75) is 13.8 Å². The van der Waals surface area contributed by atoms with Crippen LogP contribution in [0.15, 0.2) is 11.8 Å². The molecule has 0 fully saturated rings. The van der Waals surface area contributed by atoms with E-state index in [2.05, 4.69) is 10.3 Å². The van der Waals surface area contributed by atoms with Gasteiger partial charge in [-0.2, -0.15) is 0 Å². The average Bonchev–Trinajstić information content (AvgIpc) is 2.29. The fourth-order valence-electron chi connectivity index (χ4n) is 1.29. The Morgan fingerprint density at radius 1 is 1.33 bits per heavy atom. The summed E-state index contributed by atoms with van der Waals surface area (Å²) in [7, 11) is 0. The smallest absolute Gasteiger partial charge is 0.138 e. The van der Waals surface area contributed by atoms with Crippen LogP contribution in [0.1, 0.15) is 18.2 Å². The average molecular weight is 180 g/mol. The Morgan fingerprint density at radius 2 is 2.08 bits per heavy atom. The monoisotopic (exact) mass is 179 g/mol. The van der Waals surface area contributed by atoms with Gasteiger partial charge in [-0.15, -0.1) is 0 Å². The highest BCUT2D eigenvalue weighted by atomic mass is 35.5. The van der Waals surface area contributed by atoms with Crippen LogP contribution in [0.3, 0.4) is 0 Å². The maximum absolute atomic E-state index is 5.92. The predicted octanol–water partition coefficient (Wildman–Crippen LogP) is 2.65. The van der Waals surface area contributed by atoms with Crippen LogP contribution in [-0.2, 0) is 0 Å². The Bertz CT molecular complexity index is 369. The third-order valence-electron chi connectivity index (χ3n) is 1.77. The molecule has 2 rings (SSSR count). The van der Waals surface area contributed by atoms with E-state index in [1.54, 1.807) is 0 Å². The SMILES string of the molecule is CC1=Cc2c(cc(C)nc2Cl)[N]1. The molecule has 61 valence electrons. The number of pyridine rings is 1. The second-order valence-corrected chi connectivity index (χ2v) is 3.24. The highest BCUT2D eigenvalue weighted by molar-refractivity contribution is 6.31. The van der Waals surface area contributed by atoms with E-state index in [0.29, 0.717) is 5.15 Å². The molecule has 1 radical (unpaired) electrons. The van der Waals surface area contributed by atoms with Gasteiger partial charge in [0.2, 0.25) is 0 Å². The second kappa shape index (κ2) is 2.49. The maximum Gasteiger partial charge on any atom is 0.138 e. The van der Waals surface area contributed by atoms with Gasteiger partial charge in [0, 0.05) is 17.0 Å². The van der Waals surface area contributed by atoms with Crippen LogP contribution in [0.2, 0.25) is 5.15 Å². The van der Waals surface area contributed by atoms with Gasteiger partial charge in [0.25, 0.3) is 0 Å². The summed E-state index contributed by atoms with van der Waals surface area (Å²) in [5.74, 6) is 0. The van der Waals surface area contributed by atoms with Crippen LogP contribution in [0.5, 0.6) is 0 Å². The van der Waals surface area contributed by atoms with Gasteiger partial charge in [-0.3, -0.25) is 5.32 Å². The van der Waals surface area contributed by atoms with Gasteiger partial charge in [0.05, 0.1) is 5.69 Å². The number of hydrogen-bond donors (Lipinski definition) is 0. The predicted molar refractivity (Wildman–Crippen MR) is 49.4 cm³/mol. The van der Waals surface area contributed by atoms with Gasteiger partial charge in [-0.1, -0.05) is 11.6 Å². The Kier molecular flexibility index (Phi) is 1.58. The van der Waals surface area contributed by atoms with Crippen molar-refractivity contribution in [2.24, 2.45) is 0 Å². The molecule has 1 aliphatic heterocycles. The molecule has 0 atom stereocenters. The van der Waals surface area contributed by atoms with Crippen molar-refractivity contribution in [3.63, 3.8) is 0 Å². The first-order chi connectivity index (χ1) is 5.66. The van der Waals surface area contributed by atoms with Crippen molar-refractivity contribution in [1.82, 2.24) is 10.3 Å². The van der Waals surface area contributed by atoms with Crippen molar-refractivity contribution >= 4 is 23.4 Å². The molecule has 0 aliphatic carbocycles. The third-order valence-corrected chi connectivity index (χ3v) is 2.06. The molecule has 0 saturated heterocycles. The molecular formula is C9H8ClN2. The van der Waals surface area contributed by atoms with E-state index in [9.17, 15) is 0 Å². The summed E-state index contributed by atoms with van der Waals surface area (Å²) >= 11 is 5.92. The summed E-state index contributed by atoms with van der Waals surface area (Å²) in [5, 5.41) is 4.86. The largest absolute Gasteiger partial charge is 0.253 e. The second-order valence-electron chi connectivity index (χ2n) is 2.88. The molecule has 0 unspecified atom stereocenters. The summed E-state index contributed by atoms with van der Waals surface area (Å²) < 4.78 is 0. The molecule has 2 nitrogen and oxygen atoms in total. The summed E-state index contributed by atoms with van der Waals surface area (Å²) in [6, 6.07) is 1.94. The number of aromatic nitrogens is 1. The van der Waals surface area contributed by atoms with Crippen LogP contribution < -0.4 is 5.32 Å². The highest BCUT2D eigenvalue weighted by Crippen LogP contribution is 2.31. The van der Waals surface area contributed by atoms with Crippen molar-refractivity contribution < 1.29 is 0 Å². The van der Waals surface area contributed by atoms with Crippen LogP contribution in [0, 0.1) is 6.92 Å².